The minimum absolute atomic E-state index is 0.228. The molecule has 9 heavy (non-hydrogen) atoms. The summed E-state index contributed by atoms with van der Waals surface area (Å²) in [5, 5.41) is 8.32. The van der Waals surface area contributed by atoms with E-state index in [1.54, 1.807) is 0 Å². The number of aldehydes is 1. The molecule has 2 heteroatoms. The molecule has 0 aliphatic heterocycles. The van der Waals surface area contributed by atoms with Crippen molar-refractivity contribution in [3.63, 3.8) is 0 Å². The third kappa shape index (κ3) is 7.37. The molecular formula is C7H12O2. The van der Waals surface area contributed by atoms with Crippen LogP contribution >= 0.6 is 0 Å². The summed E-state index contributed by atoms with van der Waals surface area (Å²) in [6, 6.07) is 0. The quantitative estimate of drug-likeness (QED) is 0.339. The minimum atomic E-state index is 0.228. The Balaban J connectivity index is 2.94. The predicted octanol–water partition coefficient (Wildman–Crippen LogP) is 0.904. The highest BCUT2D eigenvalue weighted by Crippen LogP contribution is 1.89. The average Bonchev–Trinajstić information content (AvgIpc) is 1.89. The summed E-state index contributed by atoms with van der Waals surface area (Å²) in [6.45, 7) is 0.228. The van der Waals surface area contributed by atoms with Crippen LogP contribution in [0.1, 0.15) is 19.3 Å². The van der Waals surface area contributed by atoms with Gasteiger partial charge in [0.2, 0.25) is 0 Å². The number of hydrogen-bond acceptors (Lipinski definition) is 2. The summed E-state index contributed by atoms with van der Waals surface area (Å²) < 4.78 is 0. The summed E-state index contributed by atoms with van der Waals surface area (Å²) in [4.78, 5) is 9.74. The highest BCUT2D eigenvalue weighted by molar-refractivity contribution is 5.51. The minimum Gasteiger partial charge on any atom is -0.396 e. The third-order valence-electron chi connectivity index (χ3n) is 0.928. The Bertz CT molecular complexity index is 86.9. The van der Waals surface area contributed by atoms with Crippen molar-refractivity contribution in [3.05, 3.63) is 12.2 Å². The molecule has 0 unspecified atom stereocenters. The van der Waals surface area contributed by atoms with Crippen molar-refractivity contribution in [3.8, 4) is 0 Å². The SMILES string of the molecule is O=CCC=CCCCO. The fourth-order valence-corrected chi connectivity index (χ4v) is 0.479. The van der Waals surface area contributed by atoms with Crippen LogP contribution in [0.4, 0.5) is 0 Å². The third-order valence-corrected chi connectivity index (χ3v) is 0.928. The average molecular weight is 128 g/mol. The zero-order valence-corrected chi connectivity index (χ0v) is 5.42. The van der Waals surface area contributed by atoms with E-state index in [4.69, 9.17) is 5.11 Å². The highest BCUT2D eigenvalue weighted by Gasteiger charge is 1.77. The summed E-state index contributed by atoms with van der Waals surface area (Å²) in [6.07, 6.45) is 6.72. The van der Waals surface area contributed by atoms with Crippen LogP contribution in [-0.2, 0) is 4.79 Å². The number of hydrogen-bond donors (Lipinski definition) is 1. The molecule has 0 bridgehead atoms. The van der Waals surface area contributed by atoms with E-state index in [1.165, 1.54) is 0 Å². The van der Waals surface area contributed by atoms with E-state index < -0.39 is 0 Å². The Morgan fingerprint density at radius 1 is 1.33 bits per heavy atom. The van der Waals surface area contributed by atoms with Crippen molar-refractivity contribution in [2.24, 2.45) is 0 Å². The summed E-state index contributed by atoms with van der Waals surface area (Å²) in [5.41, 5.74) is 0. The van der Waals surface area contributed by atoms with Crippen molar-refractivity contribution in [2.75, 3.05) is 6.61 Å². The summed E-state index contributed by atoms with van der Waals surface area (Å²) in [5.74, 6) is 0. The van der Waals surface area contributed by atoms with E-state index in [0.717, 1.165) is 19.1 Å². The van der Waals surface area contributed by atoms with Gasteiger partial charge in [0.05, 0.1) is 0 Å². The number of carbonyl (C=O) groups is 1. The lowest BCUT2D eigenvalue weighted by molar-refractivity contribution is -0.107. The smallest absolute Gasteiger partial charge is 0.123 e. The van der Waals surface area contributed by atoms with Crippen molar-refractivity contribution in [1.29, 1.82) is 0 Å². The van der Waals surface area contributed by atoms with Gasteiger partial charge in [-0.2, -0.15) is 0 Å². The molecule has 0 fully saturated rings. The van der Waals surface area contributed by atoms with E-state index in [9.17, 15) is 4.79 Å². The molecule has 0 atom stereocenters. The van der Waals surface area contributed by atoms with Crippen molar-refractivity contribution in [2.45, 2.75) is 19.3 Å². The molecule has 0 rings (SSSR count). The van der Waals surface area contributed by atoms with Crippen LogP contribution in [0.5, 0.6) is 0 Å². The Hall–Kier alpha value is -0.630. The molecular weight excluding hydrogens is 116 g/mol. The maximum absolute atomic E-state index is 9.74. The predicted molar refractivity (Wildman–Crippen MR) is 36.1 cm³/mol. The molecule has 0 aliphatic rings. The number of unbranched alkanes of at least 4 members (excludes halogenated alkanes) is 1. The van der Waals surface area contributed by atoms with Crippen molar-refractivity contribution >= 4 is 6.29 Å². The summed E-state index contributed by atoms with van der Waals surface area (Å²) in [7, 11) is 0. The first kappa shape index (κ1) is 8.37. The van der Waals surface area contributed by atoms with E-state index in [0.29, 0.717) is 6.42 Å². The standard InChI is InChI=1S/C7H12O2/c8-6-4-2-1-3-5-7-9/h1-2,6,9H,3-5,7H2. The van der Waals surface area contributed by atoms with Gasteiger partial charge in [0.25, 0.3) is 0 Å². The van der Waals surface area contributed by atoms with Gasteiger partial charge in [-0.3, -0.25) is 0 Å². The van der Waals surface area contributed by atoms with Gasteiger partial charge in [-0.1, -0.05) is 12.2 Å². The molecule has 0 saturated carbocycles. The zero-order valence-electron chi connectivity index (χ0n) is 5.42. The largest absolute Gasteiger partial charge is 0.396 e. The number of carbonyl (C=O) groups excluding carboxylic acids is 1. The van der Waals surface area contributed by atoms with Crippen LogP contribution in [0.2, 0.25) is 0 Å². The molecule has 2 nitrogen and oxygen atoms in total. The maximum atomic E-state index is 9.74. The fraction of sp³-hybridized carbons (Fsp3) is 0.571. The first-order valence-electron chi connectivity index (χ1n) is 3.11. The van der Waals surface area contributed by atoms with E-state index in [2.05, 4.69) is 0 Å². The first-order chi connectivity index (χ1) is 4.41. The van der Waals surface area contributed by atoms with Gasteiger partial charge in [0.1, 0.15) is 6.29 Å². The van der Waals surface area contributed by atoms with Crippen molar-refractivity contribution in [1.82, 2.24) is 0 Å². The monoisotopic (exact) mass is 128 g/mol. The van der Waals surface area contributed by atoms with Gasteiger partial charge < -0.3 is 9.90 Å². The van der Waals surface area contributed by atoms with Gasteiger partial charge in [-0.15, -0.1) is 0 Å². The van der Waals surface area contributed by atoms with Crippen LogP contribution in [-0.4, -0.2) is 18.0 Å². The van der Waals surface area contributed by atoms with Crippen LogP contribution < -0.4 is 0 Å². The van der Waals surface area contributed by atoms with Gasteiger partial charge >= 0.3 is 0 Å². The van der Waals surface area contributed by atoms with E-state index in [1.807, 2.05) is 12.2 Å². The number of aliphatic hydroxyl groups is 1. The summed E-state index contributed by atoms with van der Waals surface area (Å²) >= 11 is 0. The number of allylic oxidation sites excluding steroid dienone is 2. The Labute approximate surface area is 55.2 Å². The molecule has 0 amide bonds. The molecule has 0 aliphatic carbocycles. The first-order valence-corrected chi connectivity index (χ1v) is 3.11. The lowest BCUT2D eigenvalue weighted by atomic mass is 10.3. The van der Waals surface area contributed by atoms with Crippen LogP contribution in [0.3, 0.4) is 0 Å². The van der Waals surface area contributed by atoms with Gasteiger partial charge in [0, 0.05) is 13.0 Å². The van der Waals surface area contributed by atoms with Crippen LogP contribution in [0.15, 0.2) is 12.2 Å². The van der Waals surface area contributed by atoms with E-state index >= 15 is 0 Å². The second-order valence-corrected chi connectivity index (χ2v) is 1.74. The zero-order chi connectivity index (χ0) is 6.95. The Morgan fingerprint density at radius 3 is 2.67 bits per heavy atom. The normalized spacial score (nSPS) is 10.3. The Kier molecular flexibility index (Phi) is 6.85. The molecule has 0 heterocycles. The Morgan fingerprint density at radius 2 is 2.11 bits per heavy atom. The molecule has 0 aromatic heterocycles. The second-order valence-electron chi connectivity index (χ2n) is 1.74. The van der Waals surface area contributed by atoms with E-state index in [-0.39, 0.29) is 6.61 Å². The number of aliphatic hydroxyl groups excluding tert-OH is 1. The maximum Gasteiger partial charge on any atom is 0.123 e. The lowest BCUT2D eigenvalue weighted by Crippen LogP contribution is -1.78. The molecule has 1 N–H and O–H groups in total. The molecule has 0 aromatic carbocycles. The molecule has 0 radical (unpaired) electrons. The lowest BCUT2D eigenvalue weighted by Gasteiger charge is -1.85. The van der Waals surface area contributed by atoms with Gasteiger partial charge in [-0.25, -0.2) is 0 Å². The van der Waals surface area contributed by atoms with Crippen LogP contribution in [0.25, 0.3) is 0 Å². The second kappa shape index (κ2) is 7.37. The molecule has 0 aromatic rings. The van der Waals surface area contributed by atoms with Gasteiger partial charge in [-0.05, 0) is 12.8 Å². The molecule has 0 saturated heterocycles. The van der Waals surface area contributed by atoms with Crippen molar-refractivity contribution < 1.29 is 9.90 Å². The molecule has 52 valence electrons. The van der Waals surface area contributed by atoms with Gasteiger partial charge in [0.15, 0.2) is 0 Å². The topological polar surface area (TPSA) is 37.3 Å². The van der Waals surface area contributed by atoms with Crippen LogP contribution in [0, 0.1) is 0 Å². The number of rotatable bonds is 5. The molecule has 0 spiro atoms. The fourth-order valence-electron chi connectivity index (χ4n) is 0.479. The highest BCUT2D eigenvalue weighted by atomic mass is 16.2.